The number of amides is 6. The van der Waals surface area contributed by atoms with Crippen LogP contribution >= 0.6 is 23.2 Å². The molecule has 0 radical (unpaired) electrons. The molecule has 2 aliphatic carbocycles. The maximum absolute atomic E-state index is 13.7. The first-order valence-electron chi connectivity index (χ1n) is 36.8. The smallest absolute Gasteiger partial charge is 0.294 e. The molecule has 4 saturated heterocycles. The number of aromatic nitrogens is 12. The summed E-state index contributed by atoms with van der Waals surface area (Å²) in [6, 6.07) is 18.9. The van der Waals surface area contributed by atoms with Gasteiger partial charge in [0.05, 0.1) is 81.8 Å². The van der Waals surface area contributed by atoms with Gasteiger partial charge in [-0.1, -0.05) is 61.3 Å². The summed E-state index contributed by atoms with van der Waals surface area (Å²) < 4.78 is 18.0. The van der Waals surface area contributed by atoms with E-state index < -0.39 is 47.5 Å². The topological polar surface area (TPSA) is 372 Å². The SMILES string of the molecule is CC(Oc1cc2cc(Nc3nc(N4CC5(CC[C@H](Nc6cccc7c(C8CCC(=O)NC8=O)nn(C)c67)[C@H](C)C5)C4)ncc3Cl)cnc2n(C)c1=O)C(=O)NN(C)C(=O)COc1cc2cc(Nc3nc(N4CC5(CC[C@H](Nc6cccc7c(C8CCC(=O)NC8=O)nn(C)c67)[C@H](C)C5)C4)ncc3Cl)cnc2n(C)c1=O. The van der Waals surface area contributed by atoms with E-state index in [4.69, 9.17) is 52.8 Å². The van der Waals surface area contributed by atoms with Crippen molar-refractivity contribution in [3.63, 3.8) is 0 Å². The predicted octanol–water partition coefficient (Wildman–Crippen LogP) is 7.92. The van der Waals surface area contributed by atoms with E-state index in [-0.39, 0.29) is 80.9 Å². The van der Waals surface area contributed by atoms with Gasteiger partial charge in [-0.25, -0.2) is 19.9 Å². The third kappa shape index (κ3) is 13.7. The van der Waals surface area contributed by atoms with Crippen molar-refractivity contribution < 1.29 is 38.2 Å². The molecule has 7 N–H and O–H groups in total. The normalized spacial score (nSPS) is 21.1. The molecule has 10 aromatic rings. The number of aryl methyl sites for hydroxylation is 4. The molecule has 32 nitrogen and oxygen atoms in total. The number of hydrogen-bond donors (Lipinski definition) is 7. The molecular weight excluding hydrogens is 1450 g/mol. The number of ether oxygens (including phenoxy) is 2. The van der Waals surface area contributed by atoms with Crippen LogP contribution < -0.4 is 67.7 Å². The molecule has 8 aromatic heterocycles. The molecule has 34 heteroatoms. The molecule has 12 heterocycles. The summed E-state index contributed by atoms with van der Waals surface area (Å²) in [5.41, 5.74) is 8.28. The number of fused-ring (bicyclic) bond motifs is 4. The van der Waals surface area contributed by atoms with Crippen molar-refractivity contribution in [1.82, 2.24) is 79.7 Å². The Morgan fingerprint density at radius 3 is 1.53 bits per heavy atom. The number of carbonyl (C=O) groups is 6. The van der Waals surface area contributed by atoms with Gasteiger partial charge in [0.1, 0.15) is 21.3 Å². The van der Waals surface area contributed by atoms with E-state index in [1.54, 1.807) is 36.9 Å². The summed E-state index contributed by atoms with van der Waals surface area (Å²) in [7, 11) is 8.14. The summed E-state index contributed by atoms with van der Waals surface area (Å²) in [6.45, 7) is 8.41. The summed E-state index contributed by atoms with van der Waals surface area (Å²) in [5, 5.41) is 32.9. The van der Waals surface area contributed by atoms with Gasteiger partial charge in [0.25, 0.3) is 22.9 Å². The standard InChI is InChI=1S/C76H82Cl2N22O10/c1-38-27-75(21-19-51(38)85-53-13-9-11-45-60(91-97(7)62(45)53)47-15-17-57(101)87-69(47)105)34-99(35-75)73-81-31-49(77)64(89-73)83-43-23-41-25-55(71(107)94(4)66(41)79-29-43)109-33-59(103)96(6)93-68(104)40(3)110-56-26-42-24-44(30-80-67(42)95(5)72(56)108)84-65-50(78)32-82-74(90-65)100-36-76(37-100)22-20-52(39(2)28-76)86-54-14-10-12-46-61(92-98(8)63(46)54)48-16-18-58(102)88-70(48)106/h9-14,23-26,29-32,38-40,47-48,51-52,85-86H,15-22,27-28,33-37H2,1-8H3,(H,93,104)(H,81,83,89)(H,82,84,90)(H,87,101,105)(H,88,102,106)/t38-,39-,40?,47?,48?,51+,52+/m1/s1. The summed E-state index contributed by atoms with van der Waals surface area (Å²) in [6.07, 6.45) is 12.2. The third-order valence-corrected chi connectivity index (χ3v) is 23.4. The molecule has 2 spiro atoms. The number of likely N-dealkylation sites (N-methyl/N-ethyl adjacent to an activating group) is 1. The fourth-order valence-corrected chi connectivity index (χ4v) is 17.5. The molecule has 6 fully saturated rings. The lowest BCUT2D eigenvalue weighted by Gasteiger charge is -2.55. The molecule has 16 rings (SSSR count). The molecule has 6 aliphatic rings. The van der Waals surface area contributed by atoms with Crippen molar-refractivity contribution in [3.05, 3.63) is 128 Å². The van der Waals surface area contributed by atoms with E-state index >= 15 is 0 Å². The van der Waals surface area contributed by atoms with Crippen molar-refractivity contribution >= 4 is 149 Å². The number of pyridine rings is 4. The Morgan fingerprint density at radius 2 is 1.07 bits per heavy atom. The van der Waals surface area contributed by atoms with Gasteiger partial charge in [-0.2, -0.15) is 20.2 Å². The molecule has 0 bridgehead atoms. The largest absolute Gasteiger partial charge is 0.478 e. The van der Waals surface area contributed by atoms with Gasteiger partial charge < -0.3 is 40.5 Å². The van der Waals surface area contributed by atoms with Gasteiger partial charge in [0, 0.05) is 119 Å². The van der Waals surface area contributed by atoms with Crippen LogP contribution in [0.1, 0.15) is 108 Å². The minimum Gasteiger partial charge on any atom is -0.478 e. The zero-order valence-electron chi connectivity index (χ0n) is 61.8. The number of halogens is 2. The van der Waals surface area contributed by atoms with Crippen molar-refractivity contribution in [2.45, 2.75) is 115 Å². The maximum atomic E-state index is 13.7. The maximum Gasteiger partial charge on any atom is 0.294 e. The first-order valence-corrected chi connectivity index (χ1v) is 37.6. The van der Waals surface area contributed by atoms with Gasteiger partial charge in [0.15, 0.2) is 35.8 Å². The Morgan fingerprint density at radius 1 is 0.618 bits per heavy atom. The third-order valence-electron chi connectivity index (χ3n) is 22.8. The van der Waals surface area contributed by atoms with Crippen LogP contribution in [0.2, 0.25) is 10.0 Å². The van der Waals surface area contributed by atoms with Crippen molar-refractivity contribution in [3.8, 4) is 11.5 Å². The number of hydrazine groups is 1. The first kappa shape index (κ1) is 72.6. The van der Waals surface area contributed by atoms with E-state index in [1.165, 1.54) is 49.3 Å². The van der Waals surface area contributed by atoms with E-state index in [2.05, 4.69) is 93.0 Å². The quantitative estimate of drug-likeness (QED) is 0.0317. The zero-order chi connectivity index (χ0) is 76.9. The molecule has 2 saturated carbocycles. The second kappa shape index (κ2) is 28.5. The zero-order valence-corrected chi connectivity index (χ0v) is 63.3. The minimum absolute atomic E-state index is 0.0738. The molecule has 6 amide bonds. The van der Waals surface area contributed by atoms with E-state index in [9.17, 15) is 38.4 Å². The minimum atomic E-state index is -1.29. The van der Waals surface area contributed by atoms with Crippen LogP contribution in [0.25, 0.3) is 43.9 Å². The van der Waals surface area contributed by atoms with Crippen LogP contribution in [0.4, 0.5) is 46.3 Å². The van der Waals surface area contributed by atoms with E-state index in [0.717, 1.165) is 103 Å². The average molecular weight is 1530 g/mol. The number of para-hydroxylation sites is 2. The van der Waals surface area contributed by atoms with Crippen LogP contribution in [-0.2, 0) is 57.0 Å². The van der Waals surface area contributed by atoms with Crippen LogP contribution in [0, 0.1) is 22.7 Å². The molecule has 7 atom stereocenters. The number of nitrogens with one attached hydrogen (secondary N) is 7. The molecular formula is C76H82Cl2N22O10. The number of carbonyl (C=O) groups excluding carboxylic acids is 6. The molecule has 570 valence electrons. The summed E-state index contributed by atoms with van der Waals surface area (Å²) >= 11 is 13.4. The van der Waals surface area contributed by atoms with Gasteiger partial charge in [-0.15, -0.1) is 0 Å². The average Bonchev–Trinajstić information content (AvgIpc) is 1.11. The highest BCUT2D eigenvalue weighted by Gasteiger charge is 2.50. The highest BCUT2D eigenvalue weighted by Crippen LogP contribution is 2.50. The second-order valence-corrected chi connectivity index (χ2v) is 31.4. The molecule has 110 heavy (non-hydrogen) atoms. The lowest BCUT2D eigenvalue weighted by molar-refractivity contribution is -0.143. The highest BCUT2D eigenvalue weighted by atomic mass is 35.5. The van der Waals surface area contributed by atoms with Crippen LogP contribution in [0.5, 0.6) is 11.5 Å². The summed E-state index contributed by atoms with van der Waals surface area (Å²) in [4.78, 5) is 136. The van der Waals surface area contributed by atoms with Crippen LogP contribution in [0.15, 0.2) is 95.0 Å². The molecule has 4 aliphatic heterocycles. The Bertz CT molecular complexity index is 5600. The van der Waals surface area contributed by atoms with Gasteiger partial charge in [-0.05, 0) is 107 Å². The molecule has 2 aromatic carbocycles. The number of anilines is 8. The Kier molecular flexibility index (Phi) is 18.8. The van der Waals surface area contributed by atoms with Crippen molar-refractivity contribution in [2.75, 3.05) is 70.9 Å². The van der Waals surface area contributed by atoms with Gasteiger partial charge in [0.2, 0.25) is 35.5 Å². The number of nitrogens with zero attached hydrogens (tertiary/aromatic N) is 15. The fourth-order valence-electron chi connectivity index (χ4n) is 17.2. The monoisotopic (exact) mass is 1530 g/mol. The van der Waals surface area contributed by atoms with E-state index in [1.807, 2.05) is 47.7 Å². The Balaban J connectivity index is 0.504. The summed E-state index contributed by atoms with van der Waals surface area (Å²) in [5.74, 6) is -1.52. The van der Waals surface area contributed by atoms with Crippen molar-refractivity contribution in [2.24, 2.45) is 50.9 Å². The Hall–Kier alpha value is -11.5. The van der Waals surface area contributed by atoms with Gasteiger partial charge >= 0.3 is 0 Å². The highest BCUT2D eigenvalue weighted by molar-refractivity contribution is 6.33. The van der Waals surface area contributed by atoms with Crippen LogP contribution in [0.3, 0.4) is 0 Å². The number of piperidine rings is 2. The predicted molar refractivity (Wildman–Crippen MR) is 413 cm³/mol. The molecule has 3 unspecified atom stereocenters. The van der Waals surface area contributed by atoms with E-state index in [0.29, 0.717) is 93.0 Å². The van der Waals surface area contributed by atoms with Gasteiger partial charge in [-0.3, -0.25) is 77.9 Å². The number of hydrogen-bond acceptors (Lipinski definition) is 24. The Labute approximate surface area is 639 Å². The van der Waals surface area contributed by atoms with Crippen LogP contribution in [-0.4, -0.2) is 157 Å². The first-order chi connectivity index (χ1) is 52.7. The fraction of sp³-hybridized carbons (Fsp3) is 0.421. The number of benzene rings is 2. The van der Waals surface area contributed by atoms with Crippen molar-refractivity contribution in [1.29, 1.82) is 0 Å². The lowest BCUT2D eigenvalue weighted by atomic mass is 9.64. The second-order valence-electron chi connectivity index (χ2n) is 30.6. The number of imide groups is 2. The number of rotatable bonds is 18. The lowest BCUT2D eigenvalue weighted by Crippen LogP contribution is -2.60.